The molecule has 0 radical (unpaired) electrons. The molecular weight excluding hydrogens is 350 g/mol. The molecular formula is C22H29N5O. The van der Waals surface area contributed by atoms with Gasteiger partial charge in [0, 0.05) is 23.7 Å². The predicted molar refractivity (Wildman–Crippen MR) is 114 cm³/mol. The Kier molecular flexibility index (Phi) is 6.76. The van der Waals surface area contributed by atoms with Crippen molar-refractivity contribution in [2.24, 2.45) is 0 Å². The van der Waals surface area contributed by atoms with Gasteiger partial charge in [0.1, 0.15) is 12.1 Å². The summed E-state index contributed by atoms with van der Waals surface area (Å²) in [7, 11) is 5.98. The number of fused-ring (bicyclic) bond motifs is 1. The van der Waals surface area contributed by atoms with Crippen molar-refractivity contribution in [2.75, 3.05) is 26.9 Å². The summed E-state index contributed by atoms with van der Waals surface area (Å²) < 4.78 is 5.13. The third kappa shape index (κ3) is 4.95. The Bertz CT molecular complexity index is 906. The summed E-state index contributed by atoms with van der Waals surface area (Å²) in [6.07, 6.45) is 10.4. The first kappa shape index (κ1) is 20.0. The Hall–Kier alpha value is -2.73. The summed E-state index contributed by atoms with van der Waals surface area (Å²) in [5, 5.41) is 0.843. The zero-order valence-electron chi connectivity index (χ0n) is 16.9. The highest BCUT2D eigenvalue weighted by molar-refractivity contribution is 5.91. The molecule has 3 aromatic rings. The molecule has 0 aliphatic heterocycles. The lowest BCUT2D eigenvalue weighted by Crippen LogP contribution is -2.29. The van der Waals surface area contributed by atoms with Gasteiger partial charge in [-0.25, -0.2) is 15.0 Å². The second-order valence-electron chi connectivity index (χ2n) is 7.33. The Labute approximate surface area is 166 Å². The molecule has 6 heteroatoms. The highest BCUT2D eigenvalue weighted by Gasteiger charge is 2.14. The van der Waals surface area contributed by atoms with Crippen LogP contribution in [0.2, 0.25) is 0 Å². The van der Waals surface area contributed by atoms with Gasteiger partial charge in [-0.2, -0.15) is 0 Å². The van der Waals surface area contributed by atoms with Crippen molar-refractivity contribution < 1.29 is 4.74 Å². The van der Waals surface area contributed by atoms with E-state index in [1.807, 2.05) is 30.3 Å². The zero-order valence-corrected chi connectivity index (χ0v) is 16.9. The summed E-state index contributed by atoms with van der Waals surface area (Å²) in [6.45, 7) is 0. The molecule has 0 amide bonds. The van der Waals surface area contributed by atoms with Gasteiger partial charge >= 0.3 is 0 Å². The van der Waals surface area contributed by atoms with Crippen LogP contribution >= 0.6 is 0 Å². The largest absolute Gasteiger partial charge is 0.481 e. The third-order valence-electron chi connectivity index (χ3n) is 5.25. The average Bonchev–Trinajstić information content (AvgIpc) is 2.75. The van der Waals surface area contributed by atoms with Crippen LogP contribution in [0.5, 0.6) is 5.88 Å². The molecule has 4 rings (SSSR count). The van der Waals surface area contributed by atoms with Crippen LogP contribution in [0.25, 0.3) is 22.0 Å². The lowest BCUT2D eigenvalue weighted by molar-refractivity contribution is 0.229. The monoisotopic (exact) mass is 379 g/mol. The SMILES string of the molecule is CN(C)C1CCCCC1.COc1cc(-c2ccc3ncnc(N)c3c2)ccn1. The third-order valence-corrected chi connectivity index (χ3v) is 5.25. The van der Waals surface area contributed by atoms with E-state index in [1.54, 1.807) is 13.3 Å². The molecule has 2 heterocycles. The molecule has 0 bridgehead atoms. The Balaban J connectivity index is 0.000000211. The van der Waals surface area contributed by atoms with Gasteiger partial charge in [-0.05, 0) is 56.3 Å². The molecule has 1 aromatic carbocycles. The fraction of sp³-hybridized carbons (Fsp3) is 0.409. The van der Waals surface area contributed by atoms with E-state index < -0.39 is 0 Å². The number of rotatable bonds is 3. The fourth-order valence-corrected chi connectivity index (χ4v) is 3.55. The Morgan fingerprint density at radius 2 is 1.71 bits per heavy atom. The number of hydrogen-bond donors (Lipinski definition) is 1. The number of anilines is 1. The number of hydrogen-bond acceptors (Lipinski definition) is 6. The summed E-state index contributed by atoms with van der Waals surface area (Å²) >= 11 is 0. The quantitative estimate of drug-likeness (QED) is 0.736. The minimum atomic E-state index is 0.480. The standard InChI is InChI=1S/C14H12N4O.C8H17N/c1-19-13-7-10(4-5-16-13)9-2-3-12-11(6-9)14(15)18-8-17-12;1-9(2)8-6-4-3-5-7-8/h2-8H,1H3,(H2,15,17,18);8H,3-7H2,1-2H3. The highest BCUT2D eigenvalue weighted by atomic mass is 16.5. The smallest absolute Gasteiger partial charge is 0.213 e. The number of nitrogens with two attached hydrogens (primary N) is 1. The molecule has 1 aliphatic rings. The number of aromatic nitrogens is 3. The van der Waals surface area contributed by atoms with E-state index in [1.165, 1.54) is 38.4 Å². The first-order chi connectivity index (χ1) is 13.6. The molecule has 6 nitrogen and oxygen atoms in total. The van der Waals surface area contributed by atoms with Gasteiger partial charge < -0.3 is 15.4 Å². The molecule has 0 atom stereocenters. The Morgan fingerprint density at radius 3 is 2.39 bits per heavy atom. The molecule has 1 saturated carbocycles. The number of ether oxygens (including phenoxy) is 1. The molecule has 0 saturated heterocycles. The predicted octanol–water partition coefficient (Wildman–Crippen LogP) is 4.16. The Morgan fingerprint density at radius 1 is 0.964 bits per heavy atom. The minimum Gasteiger partial charge on any atom is -0.481 e. The van der Waals surface area contributed by atoms with E-state index in [4.69, 9.17) is 10.5 Å². The summed E-state index contributed by atoms with van der Waals surface area (Å²) in [5.41, 5.74) is 8.74. The second-order valence-corrected chi connectivity index (χ2v) is 7.33. The van der Waals surface area contributed by atoms with Crippen LogP contribution in [0.15, 0.2) is 42.9 Å². The van der Waals surface area contributed by atoms with Crippen molar-refractivity contribution >= 4 is 16.7 Å². The molecule has 28 heavy (non-hydrogen) atoms. The maximum atomic E-state index is 5.87. The summed E-state index contributed by atoms with van der Waals surface area (Å²) in [4.78, 5) is 14.6. The van der Waals surface area contributed by atoms with Crippen LogP contribution in [-0.4, -0.2) is 47.1 Å². The van der Waals surface area contributed by atoms with Crippen LogP contribution in [0.1, 0.15) is 32.1 Å². The molecule has 148 valence electrons. The van der Waals surface area contributed by atoms with Crippen LogP contribution < -0.4 is 10.5 Å². The lowest BCUT2D eigenvalue weighted by atomic mass is 9.95. The van der Waals surface area contributed by atoms with Crippen LogP contribution in [-0.2, 0) is 0 Å². The second kappa shape index (κ2) is 9.46. The summed E-state index contributed by atoms with van der Waals surface area (Å²) in [5.74, 6) is 1.06. The number of nitrogen functional groups attached to an aromatic ring is 1. The van der Waals surface area contributed by atoms with Crippen molar-refractivity contribution in [2.45, 2.75) is 38.1 Å². The van der Waals surface area contributed by atoms with Crippen molar-refractivity contribution in [1.82, 2.24) is 19.9 Å². The van der Waals surface area contributed by atoms with E-state index in [0.717, 1.165) is 28.1 Å². The molecule has 2 N–H and O–H groups in total. The van der Waals surface area contributed by atoms with E-state index in [9.17, 15) is 0 Å². The van der Waals surface area contributed by atoms with Crippen LogP contribution in [0.4, 0.5) is 5.82 Å². The lowest BCUT2D eigenvalue weighted by Gasteiger charge is -2.27. The first-order valence-electron chi connectivity index (χ1n) is 9.75. The minimum absolute atomic E-state index is 0.480. The molecule has 1 fully saturated rings. The molecule has 0 spiro atoms. The number of pyridine rings is 1. The molecule has 2 aromatic heterocycles. The van der Waals surface area contributed by atoms with Crippen molar-refractivity contribution in [3.05, 3.63) is 42.9 Å². The number of benzene rings is 1. The van der Waals surface area contributed by atoms with E-state index in [0.29, 0.717) is 11.7 Å². The van der Waals surface area contributed by atoms with Gasteiger partial charge in [0.05, 0.1) is 12.6 Å². The van der Waals surface area contributed by atoms with Gasteiger partial charge in [0.2, 0.25) is 5.88 Å². The first-order valence-corrected chi connectivity index (χ1v) is 9.75. The topological polar surface area (TPSA) is 77.2 Å². The van der Waals surface area contributed by atoms with Gasteiger partial charge in [-0.1, -0.05) is 25.3 Å². The number of methoxy groups -OCH3 is 1. The van der Waals surface area contributed by atoms with Gasteiger partial charge in [0.25, 0.3) is 0 Å². The van der Waals surface area contributed by atoms with E-state index >= 15 is 0 Å². The van der Waals surface area contributed by atoms with Gasteiger partial charge in [0.15, 0.2) is 0 Å². The fourth-order valence-electron chi connectivity index (χ4n) is 3.55. The average molecular weight is 380 g/mol. The number of nitrogens with zero attached hydrogens (tertiary/aromatic N) is 4. The maximum Gasteiger partial charge on any atom is 0.213 e. The van der Waals surface area contributed by atoms with Gasteiger partial charge in [-0.3, -0.25) is 0 Å². The van der Waals surface area contributed by atoms with Crippen LogP contribution in [0, 0.1) is 0 Å². The van der Waals surface area contributed by atoms with Crippen molar-refractivity contribution in [1.29, 1.82) is 0 Å². The molecule has 0 unspecified atom stereocenters. The highest BCUT2D eigenvalue weighted by Crippen LogP contribution is 2.27. The van der Waals surface area contributed by atoms with E-state index in [-0.39, 0.29) is 0 Å². The van der Waals surface area contributed by atoms with Gasteiger partial charge in [-0.15, -0.1) is 0 Å². The van der Waals surface area contributed by atoms with Crippen LogP contribution in [0.3, 0.4) is 0 Å². The van der Waals surface area contributed by atoms with E-state index in [2.05, 4.69) is 33.9 Å². The maximum absolute atomic E-state index is 5.87. The van der Waals surface area contributed by atoms with Crippen molar-refractivity contribution in [3.63, 3.8) is 0 Å². The zero-order chi connectivity index (χ0) is 19.9. The molecule has 1 aliphatic carbocycles. The normalized spacial score (nSPS) is 14.6. The van der Waals surface area contributed by atoms with Crippen molar-refractivity contribution in [3.8, 4) is 17.0 Å². The summed E-state index contributed by atoms with van der Waals surface area (Å²) in [6, 6.07) is 10.6.